The summed E-state index contributed by atoms with van der Waals surface area (Å²) in [5, 5.41) is 7.29. The molecule has 0 aliphatic rings. The normalized spacial score (nSPS) is 10.7. The van der Waals surface area contributed by atoms with Crippen molar-refractivity contribution in [1.82, 2.24) is 9.78 Å². The van der Waals surface area contributed by atoms with Gasteiger partial charge in [0.05, 0.1) is 27.0 Å². The average molecular weight is 379 g/mol. The van der Waals surface area contributed by atoms with E-state index in [0.717, 1.165) is 11.3 Å². The van der Waals surface area contributed by atoms with Crippen molar-refractivity contribution >= 4 is 40.6 Å². The second-order valence-corrected chi connectivity index (χ2v) is 6.11. The number of nitrogen functional groups attached to an aromatic ring is 1. The molecule has 3 aromatic rings. The molecule has 0 radical (unpaired) electrons. The molecule has 8 heteroatoms. The molecule has 128 valence electrons. The summed E-state index contributed by atoms with van der Waals surface area (Å²) in [4.78, 5) is 12.4. The van der Waals surface area contributed by atoms with Gasteiger partial charge in [0.2, 0.25) is 0 Å². The molecule has 1 heterocycles. The number of rotatable bonds is 3. The van der Waals surface area contributed by atoms with Crippen molar-refractivity contribution in [3.8, 4) is 11.3 Å². The molecule has 3 N–H and O–H groups in total. The lowest BCUT2D eigenvalue weighted by atomic mass is 10.1. The van der Waals surface area contributed by atoms with Crippen molar-refractivity contribution in [1.29, 1.82) is 0 Å². The van der Waals surface area contributed by atoms with E-state index in [2.05, 4.69) is 10.4 Å². The second-order valence-electron chi connectivity index (χ2n) is 5.32. The van der Waals surface area contributed by atoms with Gasteiger partial charge in [-0.05, 0) is 36.4 Å². The third kappa shape index (κ3) is 3.45. The number of aryl methyl sites for hydroxylation is 1. The van der Waals surface area contributed by atoms with Crippen LogP contribution in [0, 0.1) is 5.82 Å². The summed E-state index contributed by atoms with van der Waals surface area (Å²) in [5.41, 5.74) is 7.63. The third-order valence-corrected chi connectivity index (χ3v) is 4.46. The molecular weight excluding hydrogens is 366 g/mol. The number of halogens is 3. The maximum absolute atomic E-state index is 13.1. The lowest BCUT2D eigenvalue weighted by Crippen LogP contribution is -2.14. The highest BCUT2D eigenvalue weighted by Gasteiger charge is 2.16. The van der Waals surface area contributed by atoms with Gasteiger partial charge >= 0.3 is 0 Å². The number of nitrogens with one attached hydrogen (secondary N) is 1. The van der Waals surface area contributed by atoms with Gasteiger partial charge in [0.25, 0.3) is 5.91 Å². The van der Waals surface area contributed by atoms with E-state index in [9.17, 15) is 9.18 Å². The van der Waals surface area contributed by atoms with Crippen LogP contribution in [0.2, 0.25) is 10.0 Å². The van der Waals surface area contributed by atoms with Crippen LogP contribution in [-0.4, -0.2) is 15.7 Å². The largest absolute Gasteiger partial charge is 0.397 e. The topological polar surface area (TPSA) is 72.9 Å². The molecule has 25 heavy (non-hydrogen) atoms. The number of hydrogen-bond donors (Lipinski definition) is 2. The summed E-state index contributed by atoms with van der Waals surface area (Å²) in [7, 11) is 1.72. The van der Waals surface area contributed by atoms with Crippen LogP contribution in [0.15, 0.2) is 42.5 Å². The highest BCUT2D eigenvalue weighted by Crippen LogP contribution is 2.31. The first-order valence-electron chi connectivity index (χ1n) is 7.21. The van der Waals surface area contributed by atoms with Gasteiger partial charge in [-0.15, -0.1) is 0 Å². The molecule has 0 fully saturated rings. The van der Waals surface area contributed by atoms with Gasteiger partial charge in [0.1, 0.15) is 5.82 Å². The van der Waals surface area contributed by atoms with Crippen LogP contribution >= 0.6 is 23.2 Å². The van der Waals surface area contributed by atoms with E-state index in [1.54, 1.807) is 29.9 Å². The fraction of sp³-hybridized carbons (Fsp3) is 0.0588. The first-order valence-corrected chi connectivity index (χ1v) is 7.97. The van der Waals surface area contributed by atoms with Crippen LogP contribution in [-0.2, 0) is 7.05 Å². The summed E-state index contributed by atoms with van der Waals surface area (Å²) in [5.74, 6) is -0.452. The van der Waals surface area contributed by atoms with E-state index < -0.39 is 5.91 Å². The second kappa shape index (κ2) is 6.74. The highest BCUT2D eigenvalue weighted by atomic mass is 35.5. The van der Waals surface area contributed by atoms with Crippen molar-refractivity contribution in [2.45, 2.75) is 0 Å². The van der Waals surface area contributed by atoms with E-state index in [1.807, 2.05) is 0 Å². The van der Waals surface area contributed by atoms with Gasteiger partial charge in [-0.25, -0.2) is 4.39 Å². The predicted octanol–water partition coefficient (Wildman–Crippen LogP) is 4.37. The SMILES string of the molecule is Cn1nc(NC(=O)c2ccc(Cl)c(Cl)c2N)cc1-c1ccc(F)cc1. The Morgan fingerprint density at radius 3 is 2.56 bits per heavy atom. The number of benzene rings is 2. The molecule has 0 bridgehead atoms. The number of carbonyl (C=O) groups is 1. The minimum atomic E-state index is -0.458. The van der Waals surface area contributed by atoms with Crippen LogP contribution < -0.4 is 11.1 Å². The lowest BCUT2D eigenvalue weighted by molar-refractivity contribution is 0.102. The Balaban J connectivity index is 1.87. The van der Waals surface area contributed by atoms with Gasteiger partial charge in [0, 0.05) is 18.7 Å². The Kier molecular flexibility index (Phi) is 4.65. The summed E-state index contributed by atoms with van der Waals surface area (Å²) in [6.07, 6.45) is 0. The van der Waals surface area contributed by atoms with Crippen LogP contribution in [0.4, 0.5) is 15.9 Å². The van der Waals surface area contributed by atoms with E-state index >= 15 is 0 Å². The Hall–Kier alpha value is -2.57. The number of hydrogen-bond acceptors (Lipinski definition) is 3. The molecule has 5 nitrogen and oxygen atoms in total. The summed E-state index contributed by atoms with van der Waals surface area (Å²) < 4.78 is 14.6. The van der Waals surface area contributed by atoms with Crippen LogP contribution in [0.5, 0.6) is 0 Å². The Morgan fingerprint density at radius 2 is 1.88 bits per heavy atom. The standard InChI is InChI=1S/C17H13Cl2FN4O/c1-24-13(9-2-4-10(20)5-3-9)8-14(23-24)22-17(25)11-6-7-12(18)15(19)16(11)21/h2-8H,21H2,1H3,(H,22,23,25). The Morgan fingerprint density at radius 1 is 1.20 bits per heavy atom. The van der Waals surface area contributed by atoms with E-state index in [-0.39, 0.29) is 27.1 Å². The number of aromatic nitrogens is 2. The van der Waals surface area contributed by atoms with Crippen LogP contribution in [0.1, 0.15) is 10.4 Å². The van der Waals surface area contributed by atoms with E-state index in [1.165, 1.54) is 24.3 Å². The summed E-state index contributed by atoms with van der Waals surface area (Å²) >= 11 is 11.8. The van der Waals surface area contributed by atoms with Gasteiger partial charge in [0.15, 0.2) is 5.82 Å². The molecule has 1 aromatic heterocycles. The van der Waals surface area contributed by atoms with Gasteiger partial charge in [-0.1, -0.05) is 23.2 Å². The number of carbonyl (C=O) groups excluding carboxylic acids is 1. The molecule has 0 aliphatic heterocycles. The van der Waals surface area contributed by atoms with Crippen LogP contribution in [0.3, 0.4) is 0 Å². The predicted molar refractivity (Wildman–Crippen MR) is 97.4 cm³/mol. The number of anilines is 2. The molecule has 2 aromatic carbocycles. The van der Waals surface area contributed by atoms with Crippen molar-refractivity contribution in [3.05, 3.63) is 63.9 Å². The minimum absolute atomic E-state index is 0.0985. The number of amides is 1. The van der Waals surface area contributed by atoms with Crippen LogP contribution in [0.25, 0.3) is 11.3 Å². The molecular formula is C17H13Cl2FN4O. The number of nitrogens with zero attached hydrogens (tertiary/aromatic N) is 2. The molecule has 0 spiro atoms. The van der Waals surface area contributed by atoms with Crippen molar-refractivity contribution in [2.24, 2.45) is 7.05 Å². The molecule has 3 rings (SSSR count). The Bertz CT molecular complexity index is 954. The minimum Gasteiger partial charge on any atom is -0.397 e. The highest BCUT2D eigenvalue weighted by molar-refractivity contribution is 6.44. The van der Waals surface area contributed by atoms with Gasteiger partial charge in [-0.3, -0.25) is 9.48 Å². The number of nitrogens with two attached hydrogens (primary N) is 1. The third-order valence-electron chi connectivity index (χ3n) is 3.64. The van der Waals surface area contributed by atoms with E-state index in [4.69, 9.17) is 28.9 Å². The molecule has 0 aliphatic carbocycles. The first kappa shape index (κ1) is 17.3. The zero-order valence-electron chi connectivity index (χ0n) is 13.1. The van der Waals surface area contributed by atoms with Crippen molar-refractivity contribution < 1.29 is 9.18 Å². The molecule has 0 saturated heterocycles. The quantitative estimate of drug-likeness (QED) is 0.664. The zero-order chi connectivity index (χ0) is 18.1. The molecule has 0 saturated carbocycles. The van der Waals surface area contributed by atoms with Gasteiger partial charge in [-0.2, -0.15) is 5.10 Å². The fourth-order valence-electron chi connectivity index (χ4n) is 2.37. The average Bonchev–Trinajstić information content (AvgIpc) is 2.93. The molecule has 0 atom stereocenters. The maximum Gasteiger partial charge on any atom is 0.259 e. The zero-order valence-corrected chi connectivity index (χ0v) is 14.6. The van der Waals surface area contributed by atoms with E-state index in [0.29, 0.717) is 5.82 Å². The van der Waals surface area contributed by atoms with Crippen molar-refractivity contribution in [2.75, 3.05) is 11.1 Å². The summed E-state index contributed by atoms with van der Waals surface area (Å²) in [6.45, 7) is 0. The monoisotopic (exact) mass is 378 g/mol. The smallest absolute Gasteiger partial charge is 0.259 e. The molecule has 0 unspecified atom stereocenters. The van der Waals surface area contributed by atoms with Gasteiger partial charge < -0.3 is 11.1 Å². The fourth-order valence-corrected chi connectivity index (χ4v) is 2.70. The molecule has 1 amide bonds. The maximum atomic E-state index is 13.1. The lowest BCUT2D eigenvalue weighted by Gasteiger charge is -2.07. The van der Waals surface area contributed by atoms with Crippen molar-refractivity contribution in [3.63, 3.8) is 0 Å². The Labute approximate surface area is 153 Å². The summed E-state index contributed by atoms with van der Waals surface area (Å²) in [6, 6.07) is 10.6. The first-order chi connectivity index (χ1) is 11.9.